The molecule has 0 radical (unpaired) electrons. The second-order valence-corrected chi connectivity index (χ2v) is 4.66. The summed E-state index contributed by atoms with van der Waals surface area (Å²) >= 11 is 1.62. The van der Waals surface area contributed by atoms with Crippen LogP contribution >= 0.6 is 11.3 Å². The van der Waals surface area contributed by atoms with Gasteiger partial charge in [-0.3, -0.25) is 4.79 Å². The molecule has 0 aliphatic heterocycles. The summed E-state index contributed by atoms with van der Waals surface area (Å²) < 4.78 is 0. The van der Waals surface area contributed by atoms with Crippen LogP contribution in [-0.2, 0) is 10.2 Å². The molecular formula is C13H15NOS. The maximum absolute atomic E-state index is 11.1. The molecule has 0 unspecified atom stereocenters. The van der Waals surface area contributed by atoms with Crippen molar-refractivity contribution in [1.29, 1.82) is 5.26 Å². The average molecular weight is 233 g/mol. The van der Waals surface area contributed by atoms with Crippen molar-refractivity contribution in [3.63, 3.8) is 0 Å². The smallest absolute Gasteiger partial charge is 0.133 e. The molecular weight excluding hydrogens is 218 g/mol. The summed E-state index contributed by atoms with van der Waals surface area (Å²) in [7, 11) is 0. The molecule has 0 aromatic carbocycles. The highest BCUT2D eigenvalue weighted by atomic mass is 32.1. The molecule has 1 aliphatic carbocycles. The highest BCUT2D eigenvalue weighted by Gasteiger charge is 2.37. The normalized spacial score (nSPS) is 18.1. The minimum absolute atomic E-state index is 0.299. The van der Waals surface area contributed by atoms with E-state index < -0.39 is 0 Å². The molecule has 0 saturated heterocycles. The van der Waals surface area contributed by atoms with Gasteiger partial charge < -0.3 is 0 Å². The quantitative estimate of drug-likeness (QED) is 0.697. The number of ketones is 1. The van der Waals surface area contributed by atoms with Gasteiger partial charge in [0.2, 0.25) is 0 Å². The Labute approximate surface area is 100 Å². The third-order valence-electron chi connectivity index (χ3n) is 2.87. The zero-order valence-corrected chi connectivity index (χ0v) is 10.1. The van der Waals surface area contributed by atoms with Gasteiger partial charge in [-0.2, -0.15) is 5.26 Å². The highest BCUT2D eigenvalue weighted by molar-refractivity contribution is 7.10. The largest absolute Gasteiger partial charge is 0.300 e. The number of nitriles is 1. The predicted molar refractivity (Wildman–Crippen MR) is 66.3 cm³/mol. The molecule has 0 spiro atoms. The Kier molecular flexibility index (Phi) is 4.45. The van der Waals surface area contributed by atoms with E-state index in [4.69, 9.17) is 0 Å². The number of hydrogen-bond acceptors (Lipinski definition) is 3. The van der Waals surface area contributed by atoms with Gasteiger partial charge in [-0.25, -0.2) is 0 Å². The first-order valence-electron chi connectivity index (χ1n) is 5.24. The van der Waals surface area contributed by atoms with Crippen molar-refractivity contribution < 1.29 is 4.79 Å². The molecule has 1 aromatic rings. The van der Waals surface area contributed by atoms with E-state index in [9.17, 15) is 10.1 Å². The van der Waals surface area contributed by atoms with Crippen molar-refractivity contribution in [3.8, 4) is 6.07 Å². The first kappa shape index (κ1) is 12.7. The van der Waals surface area contributed by atoms with Gasteiger partial charge in [-0.1, -0.05) is 6.07 Å². The van der Waals surface area contributed by atoms with E-state index in [1.165, 1.54) is 0 Å². The standard InChI is InChI=1S/C11H11NOS.C2H4/c12-8-11(10-2-1-7-14-10)5-3-9(13)4-6-11;1-2/h1-2,7H,3-6H2;1-2H2. The molecule has 2 nitrogen and oxygen atoms in total. The second kappa shape index (κ2) is 5.62. The lowest BCUT2D eigenvalue weighted by molar-refractivity contribution is -0.120. The van der Waals surface area contributed by atoms with Gasteiger partial charge in [0.05, 0.1) is 11.5 Å². The van der Waals surface area contributed by atoms with Crippen molar-refractivity contribution in [2.75, 3.05) is 0 Å². The number of thiophene rings is 1. The van der Waals surface area contributed by atoms with Gasteiger partial charge in [-0.15, -0.1) is 24.5 Å². The first-order valence-corrected chi connectivity index (χ1v) is 6.12. The summed E-state index contributed by atoms with van der Waals surface area (Å²) in [6.07, 6.45) is 2.52. The zero-order valence-electron chi connectivity index (χ0n) is 9.24. The molecule has 0 N–H and O–H groups in total. The Balaban J connectivity index is 0.000000606. The monoisotopic (exact) mass is 233 g/mol. The number of Topliss-reactive ketones (excluding diaryl/α,β-unsaturated/α-hetero) is 1. The van der Waals surface area contributed by atoms with E-state index in [1.807, 2.05) is 17.5 Å². The molecule has 2 rings (SSSR count). The first-order chi connectivity index (χ1) is 7.77. The van der Waals surface area contributed by atoms with Gasteiger partial charge in [0.15, 0.2) is 0 Å². The molecule has 1 heterocycles. The molecule has 1 saturated carbocycles. The molecule has 84 valence electrons. The van der Waals surface area contributed by atoms with Crippen LogP contribution in [0.3, 0.4) is 0 Å². The molecule has 0 bridgehead atoms. The minimum atomic E-state index is -0.373. The summed E-state index contributed by atoms with van der Waals surface area (Å²) in [6.45, 7) is 6.00. The Bertz CT molecular complexity index is 379. The van der Waals surface area contributed by atoms with Crippen molar-refractivity contribution in [2.24, 2.45) is 0 Å². The number of carbonyl (C=O) groups excluding carboxylic acids is 1. The molecule has 1 aliphatic rings. The number of rotatable bonds is 1. The lowest BCUT2D eigenvalue weighted by Crippen LogP contribution is -2.29. The fraction of sp³-hybridized carbons (Fsp3) is 0.385. The van der Waals surface area contributed by atoms with E-state index in [-0.39, 0.29) is 5.41 Å². The van der Waals surface area contributed by atoms with Crippen LogP contribution in [0.4, 0.5) is 0 Å². The summed E-state index contributed by atoms with van der Waals surface area (Å²) in [6, 6.07) is 6.37. The number of nitrogens with zero attached hydrogens (tertiary/aromatic N) is 1. The average Bonchev–Trinajstić information content (AvgIpc) is 2.87. The zero-order chi connectivity index (χ0) is 12.0. The molecule has 3 heteroatoms. The Hall–Kier alpha value is -1.40. The van der Waals surface area contributed by atoms with Gasteiger partial charge in [0.1, 0.15) is 5.78 Å². The molecule has 0 atom stereocenters. The Morgan fingerprint density at radius 2 is 2.00 bits per heavy atom. The number of carbonyl (C=O) groups is 1. The SMILES string of the molecule is C=C.N#CC1(c2cccs2)CCC(=O)CC1. The van der Waals surface area contributed by atoms with Crippen molar-refractivity contribution in [3.05, 3.63) is 35.5 Å². The van der Waals surface area contributed by atoms with Crippen LogP contribution in [0.1, 0.15) is 30.6 Å². The van der Waals surface area contributed by atoms with E-state index in [2.05, 4.69) is 19.2 Å². The molecule has 0 amide bonds. The van der Waals surface area contributed by atoms with Gasteiger partial charge in [-0.05, 0) is 24.3 Å². The minimum Gasteiger partial charge on any atom is -0.300 e. The fourth-order valence-electron chi connectivity index (χ4n) is 1.92. The highest BCUT2D eigenvalue weighted by Crippen LogP contribution is 2.39. The molecule has 1 aromatic heterocycles. The van der Waals surface area contributed by atoms with E-state index in [1.54, 1.807) is 11.3 Å². The third kappa shape index (κ3) is 2.40. The van der Waals surface area contributed by atoms with Crippen LogP contribution < -0.4 is 0 Å². The maximum Gasteiger partial charge on any atom is 0.133 e. The second-order valence-electron chi connectivity index (χ2n) is 3.71. The van der Waals surface area contributed by atoms with Crippen LogP contribution in [0.15, 0.2) is 30.7 Å². The van der Waals surface area contributed by atoms with Gasteiger partial charge >= 0.3 is 0 Å². The lowest BCUT2D eigenvalue weighted by Gasteiger charge is -2.28. The topological polar surface area (TPSA) is 40.9 Å². The van der Waals surface area contributed by atoms with E-state index in [0.29, 0.717) is 31.5 Å². The predicted octanol–water partition coefficient (Wildman–Crippen LogP) is 3.45. The van der Waals surface area contributed by atoms with Crippen LogP contribution in [0.25, 0.3) is 0 Å². The van der Waals surface area contributed by atoms with Crippen LogP contribution in [0, 0.1) is 11.3 Å². The fourth-order valence-corrected chi connectivity index (χ4v) is 2.86. The molecule has 1 fully saturated rings. The number of hydrogen-bond donors (Lipinski definition) is 0. The maximum atomic E-state index is 11.1. The summed E-state index contributed by atoms with van der Waals surface area (Å²) in [5, 5.41) is 11.2. The Morgan fingerprint density at radius 3 is 2.44 bits per heavy atom. The van der Waals surface area contributed by atoms with E-state index in [0.717, 1.165) is 4.88 Å². The van der Waals surface area contributed by atoms with Crippen molar-refractivity contribution in [2.45, 2.75) is 31.1 Å². The summed E-state index contributed by atoms with van der Waals surface area (Å²) in [5.74, 6) is 0.299. The van der Waals surface area contributed by atoms with Gasteiger partial charge in [0, 0.05) is 17.7 Å². The Morgan fingerprint density at radius 1 is 1.38 bits per heavy atom. The lowest BCUT2D eigenvalue weighted by atomic mass is 9.74. The van der Waals surface area contributed by atoms with Crippen LogP contribution in [-0.4, -0.2) is 5.78 Å². The molecule has 16 heavy (non-hydrogen) atoms. The van der Waals surface area contributed by atoms with Crippen LogP contribution in [0.2, 0.25) is 0 Å². The van der Waals surface area contributed by atoms with Crippen molar-refractivity contribution in [1.82, 2.24) is 0 Å². The third-order valence-corrected chi connectivity index (χ3v) is 3.94. The summed E-state index contributed by atoms with van der Waals surface area (Å²) in [4.78, 5) is 12.2. The van der Waals surface area contributed by atoms with Gasteiger partial charge in [0.25, 0.3) is 0 Å². The van der Waals surface area contributed by atoms with E-state index >= 15 is 0 Å². The van der Waals surface area contributed by atoms with Crippen LogP contribution in [0.5, 0.6) is 0 Å². The summed E-state index contributed by atoms with van der Waals surface area (Å²) in [5.41, 5.74) is -0.373. The van der Waals surface area contributed by atoms with Crippen molar-refractivity contribution >= 4 is 17.1 Å².